The summed E-state index contributed by atoms with van der Waals surface area (Å²) in [5, 5.41) is 38.2. The van der Waals surface area contributed by atoms with Crippen molar-refractivity contribution in [3.8, 4) is 12.3 Å². The molecule has 0 aliphatic carbocycles. The van der Waals surface area contributed by atoms with Crippen LogP contribution in [0.5, 0.6) is 0 Å². The van der Waals surface area contributed by atoms with E-state index in [0.717, 1.165) is 21.6 Å². The SMILES string of the molecule is CC(=O)N(C#N)C1C(=O)N2C(C(=O)O)=C(CSc3nnnn3CC#N)CS[C@@H]12. The van der Waals surface area contributed by atoms with E-state index in [0.29, 0.717) is 16.5 Å². The molecule has 28 heavy (non-hydrogen) atoms. The average molecular weight is 420 g/mol. The molecule has 0 spiro atoms. The Kier molecular flexibility index (Phi) is 5.53. The second kappa shape index (κ2) is 7.87. The highest BCUT2D eigenvalue weighted by Crippen LogP contribution is 2.43. The molecule has 14 heteroatoms. The van der Waals surface area contributed by atoms with Crippen molar-refractivity contribution in [3.63, 3.8) is 0 Å². The summed E-state index contributed by atoms with van der Waals surface area (Å²) in [6.07, 6.45) is 1.69. The number of nitriles is 2. The van der Waals surface area contributed by atoms with Gasteiger partial charge in [-0.2, -0.15) is 10.5 Å². The van der Waals surface area contributed by atoms with Crippen LogP contribution in [0.15, 0.2) is 16.4 Å². The normalized spacial score (nSPS) is 20.7. The fraction of sp³-hybridized carbons (Fsp3) is 0.429. The van der Waals surface area contributed by atoms with Crippen molar-refractivity contribution in [3.05, 3.63) is 11.3 Å². The van der Waals surface area contributed by atoms with Crippen LogP contribution in [0.25, 0.3) is 0 Å². The summed E-state index contributed by atoms with van der Waals surface area (Å²) in [5.74, 6) is -1.95. The van der Waals surface area contributed by atoms with Crippen LogP contribution in [0.4, 0.5) is 0 Å². The monoisotopic (exact) mass is 420 g/mol. The Morgan fingerprint density at radius 2 is 2.21 bits per heavy atom. The lowest BCUT2D eigenvalue weighted by Crippen LogP contribution is -2.70. The molecule has 0 bridgehead atoms. The Balaban J connectivity index is 1.82. The number of aromatic nitrogens is 4. The zero-order chi connectivity index (χ0) is 20.4. The van der Waals surface area contributed by atoms with Crippen LogP contribution in [0.2, 0.25) is 0 Å². The summed E-state index contributed by atoms with van der Waals surface area (Å²) in [6, 6.07) is 0.918. The second-order valence-electron chi connectivity index (χ2n) is 5.67. The predicted octanol–water partition coefficient (Wildman–Crippen LogP) is -0.759. The molecule has 1 unspecified atom stereocenters. The molecule has 12 nitrogen and oxygen atoms in total. The van der Waals surface area contributed by atoms with Crippen LogP contribution >= 0.6 is 23.5 Å². The molecule has 1 saturated heterocycles. The van der Waals surface area contributed by atoms with Crippen LogP contribution in [-0.4, -0.2) is 75.8 Å². The van der Waals surface area contributed by atoms with Crippen molar-refractivity contribution >= 4 is 41.3 Å². The molecular formula is C14H12N8O4S2. The maximum atomic E-state index is 12.5. The molecule has 1 fully saturated rings. The zero-order valence-corrected chi connectivity index (χ0v) is 16.0. The van der Waals surface area contributed by atoms with Gasteiger partial charge < -0.3 is 5.11 Å². The zero-order valence-electron chi connectivity index (χ0n) is 14.3. The van der Waals surface area contributed by atoms with Gasteiger partial charge in [0.05, 0.1) is 6.07 Å². The van der Waals surface area contributed by atoms with Crippen LogP contribution in [0, 0.1) is 22.8 Å². The van der Waals surface area contributed by atoms with E-state index in [4.69, 9.17) is 10.5 Å². The van der Waals surface area contributed by atoms with Crippen molar-refractivity contribution in [1.82, 2.24) is 30.0 Å². The number of aliphatic carboxylic acids is 1. The molecule has 2 atom stereocenters. The molecule has 0 aromatic carbocycles. The molecule has 2 aliphatic rings. The smallest absolute Gasteiger partial charge is 0.352 e. The van der Waals surface area contributed by atoms with Gasteiger partial charge >= 0.3 is 5.97 Å². The molecule has 2 aliphatic heterocycles. The molecule has 1 aromatic rings. The van der Waals surface area contributed by atoms with E-state index in [1.807, 2.05) is 6.07 Å². The number of carboxylic acids is 1. The number of amides is 2. The number of β-lactam (4-membered cyclic amide) rings is 1. The quantitative estimate of drug-likeness (QED) is 0.265. The number of tetrazole rings is 1. The molecule has 0 radical (unpaired) electrons. The van der Waals surface area contributed by atoms with Gasteiger partial charge in [0.25, 0.3) is 5.91 Å². The van der Waals surface area contributed by atoms with Gasteiger partial charge in [0, 0.05) is 18.4 Å². The average Bonchev–Trinajstić information content (AvgIpc) is 3.10. The maximum absolute atomic E-state index is 12.5. The van der Waals surface area contributed by atoms with Crippen molar-refractivity contribution in [1.29, 1.82) is 10.5 Å². The van der Waals surface area contributed by atoms with E-state index in [1.54, 1.807) is 6.19 Å². The number of thioether (sulfide) groups is 2. The first-order chi connectivity index (χ1) is 13.4. The largest absolute Gasteiger partial charge is 0.477 e. The number of hydrogen-bond donors (Lipinski definition) is 1. The van der Waals surface area contributed by atoms with E-state index in [2.05, 4.69) is 15.5 Å². The third-order valence-corrected chi connectivity index (χ3v) is 6.41. The summed E-state index contributed by atoms with van der Waals surface area (Å²) in [5.41, 5.74) is 0.335. The Morgan fingerprint density at radius 1 is 1.46 bits per heavy atom. The molecule has 144 valence electrons. The molecule has 1 aromatic heterocycles. The van der Waals surface area contributed by atoms with Gasteiger partial charge in [-0.05, 0) is 16.0 Å². The first kappa shape index (κ1) is 19.7. The van der Waals surface area contributed by atoms with E-state index < -0.39 is 29.2 Å². The number of carbonyl (C=O) groups excluding carboxylic acids is 2. The van der Waals surface area contributed by atoms with Crippen molar-refractivity contribution in [2.24, 2.45) is 0 Å². The molecule has 3 rings (SSSR count). The van der Waals surface area contributed by atoms with Gasteiger partial charge in [-0.1, -0.05) is 11.8 Å². The predicted molar refractivity (Wildman–Crippen MR) is 93.8 cm³/mol. The number of carboxylic acid groups (broad SMARTS) is 1. The summed E-state index contributed by atoms with van der Waals surface area (Å²) in [4.78, 5) is 37.8. The summed E-state index contributed by atoms with van der Waals surface area (Å²) in [6.45, 7) is 1.13. The van der Waals surface area contributed by atoms with Crippen LogP contribution in [-0.2, 0) is 20.9 Å². The van der Waals surface area contributed by atoms with Crippen molar-refractivity contribution in [2.45, 2.75) is 30.0 Å². The fourth-order valence-corrected chi connectivity index (χ4v) is 5.23. The summed E-state index contributed by atoms with van der Waals surface area (Å²) < 4.78 is 1.28. The van der Waals surface area contributed by atoms with Gasteiger partial charge in [0.15, 0.2) is 12.2 Å². The minimum atomic E-state index is -1.27. The minimum absolute atomic E-state index is 0.0433. The summed E-state index contributed by atoms with van der Waals surface area (Å²) in [7, 11) is 0. The van der Waals surface area contributed by atoms with Crippen molar-refractivity contribution < 1.29 is 19.5 Å². The Hall–Kier alpha value is -3.10. The molecule has 3 heterocycles. The van der Waals surface area contributed by atoms with Gasteiger partial charge in [-0.3, -0.25) is 14.5 Å². The Morgan fingerprint density at radius 3 is 2.82 bits per heavy atom. The molecule has 1 N–H and O–H groups in total. The number of rotatable bonds is 6. The van der Waals surface area contributed by atoms with Gasteiger partial charge in [0.2, 0.25) is 11.1 Å². The number of fused-ring (bicyclic) bond motifs is 1. The van der Waals surface area contributed by atoms with Crippen LogP contribution < -0.4 is 0 Å². The lowest BCUT2D eigenvalue weighted by molar-refractivity contribution is -0.156. The highest BCUT2D eigenvalue weighted by Gasteiger charge is 2.57. The number of nitrogens with zero attached hydrogens (tertiary/aromatic N) is 8. The fourth-order valence-electron chi connectivity index (χ4n) is 2.83. The van der Waals surface area contributed by atoms with Crippen LogP contribution in [0.1, 0.15) is 6.92 Å². The van der Waals surface area contributed by atoms with E-state index in [1.165, 1.54) is 23.4 Å². The topological polar surface area (TPSA) is 169 Å². The van der Waals surface area contributed by atoms with E-state index >= 15 is 0 Å². The van der Waals surface area contributed by atoms with Crippen LogP contribution in [0.3, 0.4) is 0 Å². The van der Waals surface area contributed by atoms with Gasteiger partial charge in [-0.15, -0.1) is 16.9 Å². The van der Waals surface area contributed by atoms with E-state index in [-0.39, 0.29) is 18.0 Å². The first-order valence-electron chi connectivity index (χ1n) is 7.76. The summed E-state index contributed by atoms with van der Waals surface area (Å²) >= 11 is 2.43. The molecule has 2 amide bonds. The van der Waals surface area contributed by atoms with Gasteiger partial charge in [0.1, 0.15) is 17.6 Å². The second-order valence-corrected chi connectivity index (χ2v) is 7.71. The highest BCUT2D eigenvalue weighted by molar-refractivity contribution is 8.01. The number of hydrogen-bond acceptors (Lipinski definition) is 10. The first-order valence-corrected chi connectivity index (χ1v) is 9.79. The van der Waals surface area contributed by atoms with Crippen molar-refractivity contribution in [2.75, 3.05) is 11.5 Å². The minimum Gasteiger partial charge on any atom is -0.477 e. The molecule has 0 saturated carbocycles. The standard InChI is InChI=1S/C14H12N8O4S2/c1-7(23)20(6-16)10-11(24)22-9(13(25)26)8(4-27-12(10)22)5-28-14-17-18-19-21(14)3-2-15/h10,12H,3-5H2,1H3,(H,25,26)/t10?,12-/m0/s1. The number of carbonyl (C=O) groups is 3. The third kappa shape index (κ3) is 3.28. The molecular weight excluding hydrogens is 408 g/mol. The Bertz CT molecular complexity index is 961. The maximum Gasteiger partial charge on any atom is 0.352 e. The van der Waals surface area contributed by atoms with Gasteiger partial charge in [-0.25, -0.2) is 14.4 Å². The van der Waals surface area contributed by atoms with E-state index in [9.17, 15) is 19.5 Å². The Labute approximate surface area is 166 Å². The highest BCUT2D eigenvalue weighted by atomic mass is 32.2. The lowest BCUT2D eigenvalue weighted by Gasteiger charge is -2.50. The lowest BCUT2D eigenvalue weighted by atomic mass is 10.0. The third-order valence-electron chi connectivity index (χ3n) is 4.04.